The number of aldehydes is 1. The summed E-state index contributed by atoms with van der Waals surface area (Å²) in [6.45, 7) is 0. The van der Waals surface area contributed by atoms with Crippen LogP contribution in [0.5, 0.6) is 0 Å². The second-order valence-corrected chi connectivity index (χ2v) is 7.36. The smallest absolute Gasteiger partial charge is 0.147 e. The molecule has 4 aliphatic rings. The standard InChI is InChI=1S/C26H16O/c27-16-19-11-12-23-21-9-4-2-7-18(21)15-25(23)26(19)13-5-10-22-20-8-3-1-6-17(20)14-24(22)26/h1-16H. The minimum atomic E-state index is -0.520. The average molecular weight is 344 g/mol. The summed E-state index contributed by atoms with van der Waals surface area (Å²) in [4.78, 5) is 12.2. The van der Waals surface area contributed by atoms with Gasteiger partial charge in [-0.1, -0.05) is 78.9 Å². The number of hydrogen-bond acceptors (Lipinski definition) is 1. The molecule has 4 aliphatic carbocycles. The number of hydrogen-bond donors (Lipinski definition) is 0. The number of carbonyl (C=O) groups is 1. The zero-order valence-corrected chi connectivity index (χ0v) is 14.6. The maximum absolute atomic E-state index is 12.2. The largest absolute Gasteiger partial charge is 0.298 e. The molecule has 0 radical (unpaired) electrons. The number of carbonyl (C=O) groups excluding carboxylic acids is 1. The van der Waals surface area contributed by atoms with Crippen LogP contribution in [0.15, 0.2) is 95.6 Å². The van der Waals surface area contributed by atoms with Gasteiger partial charge in [-0.05, 0) is 56.7 Å². The Morgan fingerprint density at radius 2 is 1.30 bits per heavy atom. The molecule has 6 rings (SSSR count). The van der Waals surface area contributed by atoms with Crippen LogP contribution in [0.2, 0.25) is 0 Å². The lowest BCUT2D eigenvalue weighted by molar-refractivity contribution is -0.105. The van der Waals surface area contributed by atoms with Crippen molar-refractivity contribution in [3.05, 3.63) is 118 Å². The molecule has 126 valence electrons. The lowest BCUT2D eigenvalue weighted by Crippen LogP contribution is -2.30. The third-order valence-electron chi connectivity index (χ3n) is 6.15. The predicted molar refractivity (Wildman–Crippen MR) is 111 cm³/mol. The van der Waals surface area contributed by atoms with Crippen LogP contribution in [0, 0.1) is 5.41 Å². The quantitative estimate of drug-likeness (QED) is 0.612. The Kier molecular flexibility index (Phi) is 2.75. The molecule has 27 heavy (non-hydrogen) atoms. The summed E-state index contributed by atoms with van der Waals surface area (Å²) in [6, 6.07) is 16.9. The number of benzene rings is 2. The molecular weight excluding hydrogens is 328 g/mol. The van der Waals surface area contributed by atoms with Crippen molar-refractivity contribution in [1.29, 1.82) is 0 Å². The third-order valence-corrected chi connectivity index (χ3v) is 6.15. The molecule has 1 unspecified atom stereocenters. The molecule has 1 atom stereocenters. The molecule has 0 heterocycles. The molecule has 1 spiro atoms. The summed E-state index contributed by atoms with van der Waals surface area (Å²) in [5.41, 5.74) is 10.1. The van der Waals surface area contributed by atoms with E-state index in [-0.39, 0.29) is 0 Å². The van der Waals surface area contributed by atoms with Crippen molar-refractivity contribution in [2.45, 2.75) is 0 Å². The van der Waals surface area contributed by atoms with Crippen molar-refractivity contribution in [2.24, 2.45) is 5.41 Å². The third kappa shape index (κ3) is 1.71. The Morgan fingerprint density at radius 1 is 0.704 bits per heavy atom. The Balaban J connectivity index is 1.65. The van der Waals surface area contributed by atoms with Crippen molar-refractivity contribution in [3.63, 3.8) is 0 Å². The minimum Gasteiger partial charge on any atom is -0.298 e. The summed E-state index contributed by atoms with van der Waals surface area (Å²) in [6.07, 6.45) is 16.1. The van der Waals surface area contributed by atoms with E-state index in [9.17, 15) is 4.79 Å². The fourth-order valence-electron chi connectivity index (χ4n) is 4.96. The zero-order chi connectivity index (χ0) is 18.0. The normalized spacial score (nSPS) is 23.3. The predicted octanol–water partition coefficient (Wildman–Crippen LogP) is 5.64. The maximum atomic E-state index is 12.2. The van der Waals surface area contributed by atoms with Gasteiger partial charge in [0.05, 0.1) is 5.41 Å². The first-order chi connectivity index (χ1) is 13.3. The Labute approximate surface area is 158 Å². The molecule has 0 saturated carbocycles. The van der Waals surface area contributed by atoms with Crippen molar-refractivity contribution < 1.29 is 4.79 Å². The van der Waals surface area contributed by atoms with Crippen LogP contribution in [-0.2, 0) is 4.79 Å². The van der Waals surface area contributed by atoms with E-state index in [4.69, 9.17) is 0 Å². The zero-order valence-electron chi connectivity index (χ0n) is 14.6. The highest BCUT2D eigenvalue weighted by atomic mass is 16.1. The molecule has 1 heteroatoms. The Bertz CT molecular complexity index is 1200. The van der Waals surface area contributed by atoms with Crippen LogP contribution in [0.3, 0.4) is 0 Å². The van der Waals surface area contributed by atoms with Gasteiger partial charge in [-0.15, -0.1) is 0 Å². The molecule has 0 aliphatic heterocycles. The van der Waals surface area contributed by atoms with Gasteiger partial charge in [0, 0.05) is 5.57 Å². The van der Waals surface area contributed by atoms with Crippen LogP contribution < -0.4 is 0 Å². The highest BCUT2D eigenvalue weighted by molar-refractivity contribution is 6.08. The van der Waals surface area contributed by atoms with Crippen LogP contribution in [0.25, 0.3) is 23.3 Å². The Hall–Kier alpha value is -3.45. The van der Waals surface area contributed by atoms with Crippen LogP contribution in [0.4, 0.5) is 0 Å². The van der Waals surface area contributed by atoms with E-state index >= 15 is 0 Å². The van der Waals surface area contributed by atoms with E-state index in [1.165, 1.54) is 44.5 Å². The highest BCUT2D eigenvalue weighted by Crippen LogP contribution is 2.60. The molecule has 0 bridgehead atoms. The van der Waals surface area contributed by atoms with Crippen LogP contribution in [-0.4, -0.2) is 6.29 Å². The lowest BCUT2D eigenvalue weighted by Gasteiger charge is -2.39. The van der Waals surface area contributed by atoms with Gasteiger partial charge in [0.1, 0.15) is 6.29 Å². The molecule has 2 aromatic rings. The van der Waals surface area contributed by atoms with E-state index in [1.54, 1.807) is 0 Å². The maximum Gasteiger partial charge on any atom is 0.147 e. The van der Waals surface area contributed by atoms with Gasteiger partial charge in [0.15, 0.2) is 0 Å². The molecule has 0 fully saturated rings. The molecule has 0 N–H and O–H groups in total. The summed E-state index contributed by atoms with van der Waals surface area (Å²) in [5, 5.41) is 0. The number of rotatable bonds is 1. The first-order valence-corrected chi connectivity index (χ1v) is 9.24. The molecular formula is C26H16O. The molecule has 0 saturated heterocycles. The van der Waals surface area contributed by atoms with E-state index in [0.29, 0.717) is 0 Å². The molecule has 1 nitrogen and oxygen atoms in total. The van der Waals surface area contributed by atoms with Crippen molar-refractivity contribution in [3.8, 4) is 0 Å². The van der Waals surface area contributed by atoms with Crippen LogP contribution in [0.1, 0.15) is 22.3 Å². The van der Waals surface area contributed by atoms with Crippen molar-refractivity contribution in [2.75, 3.05) is 0 Å². The van der Waals surface area contributed by atoms with Gasteiger partial charge in [0.2, 0.25) is 0 Å². The summed E-state index contributed by atoms with van der Waals surface area (Å²) >= 11 is 0. The lowest BCUT2D eigenvalue weighted by atomic mass is 9.61. The monoisotopic (exact) mass is 344 g/mol. The van der Waals surface area contributed by atoms with Crippen molar-refractivity contribution in [1.82, 2.24) is 0 Å². The SMILES string of the molecule is O=CC1=CC=C2C(=Cc3ccccc32)C12C=CC=C1C2=Cc2ccccc21. The second kappa shape index (κ2) is 5.05. The van der Waals surface area contributed by atoms with Gasteiger partial charge in [-0.25, -0.2) is 0 Å². The van der Waals surface area contributed by atoms with Crippen LogP contribution >= 0.6 is 0 Å². The van der Waals surface area contributed by atoms with Gasteiger partial charge in [-0.3, -0.25) is 4.79 Å². The van der Waals surface area contributed by atoms with Gasteiger partial charge < -0.3 is 0 Å². The van der Waals surface area contributed by atoms with E-state index in [2.05, 4.69) is 85.0 Å². The summed E-state index contributed by atoms with van der Waals surface area (Å²) < 4.78 is 0. The van der Waals surface area contributed by atoms with Crippen molar-refractivity contribution >= 4 is 29.6 Å². The van der Waals surface area contributed by atoms with E-state index < -0.39 is 5.41 Å². The fourth-order valence-corrected chi connectivity index (χ4v) is 4.96. The van der Waals surface area contributed by atoms with E-state index in [1.807, 2.05) is 6.08 Å². The second-order valence-electron chi connectivity index (χ2n) is 7.36. The number of allylic oxidation sites excluding steroid dienone is 10. The molecule has 0 aromatic heterocycles. The highest BCUT2D eigenvalue weighted by Gasteiger charge is 2.47. The minimum absolute atomic E-state index is 0.520. The summed E-state index contributed by atoms with van der Waals surface area (Å²) in [5.74, 6) is 0. The summed E-state index contributed by atoms with van der Waals surface area (Å²) in [7, 11) is 0. The number of fused-ring (bicyclic) bond motifs is 8. The fraction of sp³-hybridized carbons (Fsp3) is 0.0385. The van der Waals surface area contributed by atoms with E-state index in [0.717, 1.165) is 11.9 Å². The van der Waals surface area contributed by atoms with Gasteiger partial charge in [-0.2, -0.15) is 0 Å². The van der Waals surface area contributed by atoms with Gasteiger partial charge in [0.25, 0.3) is 0 Å². The van der Waals surface area contributed by atoms with Gasteiger partial charge >= 0.3 is 0 Å². The first-order valence-electron chi connectivity index (χ1n) is 9.24. The Morgan fingerprint density at radius 3 is 1.93 bits per heavy atom. The molecule has 2 aromatic carbocycles. The first kappa shape index (κ1) is 14.7. The average Bonchev–Trinajstić information content (AvgIpc) is 3.28. The topological polar surface area (TPSA) is 17.1 Å². The molecule has 0 amide bonds.